The number of amides is 1. The van der Waals surface area contributed by atoms with E-state index in [4.69, 9.17) is 4.74 Å². The minimum atomic E-state index is -3.35. The minimum Gasteiger partial charge on any atom is -0.481 e. The SMILES string of the molecule is Cc1ccccc1C(NC(=O)C(C)Oc1ccc(N(C)S(C)(=O)=O)cc1)c1ccccc1. The topological polar surface area (TPSA) is 75.7 Å². The van der Waals surface area contributed by atoms with Crippen LogP contribution < -0.4 is 14.4 Å². The van der Waals surface area contributed by atoms with Gasteiger partial charge in [0.05, 0.1) is 18.0 Å². The molecule has 0 heterocycles. The summed E-state index contributed by atoms with van der Waals surface area (Å²) >= 11 is 0. The molecule has 3 rings (SSSR count). The Bertz CT molecular complexity index is 1160. The molecule has 0 aliphatic heterocycles. The maximum Gasteiger partial charge on any atom is 0.261 e. The smallest absolute Gasteiger partial charge is 0.261 e. The second-order valence-corrected chi connectivity index (χ2v) is 9.71. The number of sulfonamides is 1. The van der Waals surface area contributed by atoms with Crippen molar-refractivity contribution in [3.63, 3.8) is 0 Å². The number of nitrogens with one attached hydrogen (secondary N) is 1. The summed E-state index contributed by atoms with van der Waals surface area (Å²) in [7, 11) is -1.86. The van der Waals surface area contributed by atoms with E-state index in [2.05, 4.69) is 5.32 Å². The normalized spacial score (nSPS) is 13.1. The van der Waals surface area contributed by atoms with Crippen LogP contribution in [0.1, 0.15) is 29.7 Å². The van der Waals surface area contributed by atoms with Crippen molar-refractivity contribution in [3.8, 4) is 5.75 Å². The van der Waals surface area contributed by atoms with E-state index >= 15 is 0 Å². The van der Waals surface area contributed by atoms with Crippen LogP contribution in [0.5, 0.6) is 5.75 Å². The Kier molecular flexibility index (Phi) is 7.20. The molecule has 2 unspecified atom stereocenters. The number of hydrogen-bond acceptors (Lipinski definition) is 4. The number of anilines is 1. The Morgan fingerprint density at radius 2 is 1.53 bits per heavy atom. The van der Waals surface area contributed by atoms with Crippen LogP contribution in [0.3, 0.4) is 0 Å². The highest BCUT2D eigenvalue weighted by atomic mass is 32.2. The zero-order valence-corrected chi connectivity index (χ0v) is 19.5. The van der Waals surface area contributed by atoms with Crippen molar-refractivity contribution in [3.05, 3.63) is 95.6 Å². The van der Waals surface area contributed by atoms with Crippen LogP contribution in [-0.2, 0) is 14.8 Å². The molecule has 7 heteroatoms. The van der Waals surface area contributed by atoms with Gasteiger partial charge < -0.3 is 10.1 Å². The lowest BCUT2D eigenvalue weighted by Crippen LogP contribution is -2.39. The number of rotatable bonds is 8. The number of ether oxygens (including phenoxy) is 1. The summed E-state index contributed by atoms with van der Waals surface area (Å²) in [6.45, 7) is 3.71. The number of nitrogens with zero attached hydrogens (tertiary/aromatic N) is 1. The molecule has 6 nitrogen and oxygen atoms in total. The average Bonchev–Trinajstić information content (AvgIpc) is 2.78. The van der Waals surface area contributed by atoms with Crippen molar-refractivity contribution in [1.29, 1.82) is 0 Å². The van der Waals surface area contributed by atoms with E-state index in [9.17, 15) is 13.2 Å². The van der Waals surface area contributed by atoms with E-state index < -0.39 is 16.1 Å². The maximum atomic E-state index is 13.0. The standard InChI is InChI=1S/C25H28N2O4S/c1-18-10-8-9-13-23(18)24(20-11-6-5-7-12-20)26-25(28)19(2)31-22-16-14-21(15-17-22)27(3)32(4,29)30/h5-17,19,24H,1-4H3,(H,26,28). The van der Waals surface area contributed by atoms with Gasteiger partial charge >= 0.3 is 0 Å². The zero-order valence-electron chi connectivity index (χ0n) is 18.6. The Balaban J connectivity index is 1.75. The maximum absolute atomic E-state index is 13.0. The van der Waals surface area contributed by atoms with Crippen LogP contribution in [0.2, 0.25) is 0 Å². The van der Waals surface area contributed by atoms with Crippen LogP contribution in [0.4, 0.5) is 5.69 Å². The largest absolute Gasteiger partial charge is 0.481 e. The molecular formula is C25H28N2O4S. The third kappa shape index (κ3) is 5.68. The van der Waals surface area contributed by atoms with Gasteiger partial charge in [0, 0.05) is 7.05 Å². The van der Waals surface area contributed by atoms with Crippen molar-refractivity contribution in [2.75, 3.05) is 17.6 Å². The summed E-state index contributed by atoms with van der Waals surface area (Å²) in [4.78, 5) is 13.0. The van der Waals surface area contributed by atoms with E-state index in [1.807, 2.05) is 61.5 Å². The van der Waals surface area contributed by atoms with Gasteiger partial charge in [-0.25, -0.2) is 8.42 Å². The van der Waals surface area contributed by atoms with Gasteiger partial charge in [-0.2, -0.15) is 0 Å². The van der Waals surface area contributed by atoms with Crippen molar-refractivity contribution in [1.82, 2.24) is 5.32 Å². The predicted octanol–water partition coefficient (Wildman–Crippen LogP) is 4.06. The van der Waals surface area contributed by atoms with Crippen LogP contribution in [-0.4, -0.2) is 33.7 Å². The van der Waals surface area contributed by atoms with Crippen LogP contribution in [0.25, 0.3) is 0 Å². The van der Waals surface area contributed by atoms with Gasteiger partial charge in [0.1, 0.15) is 5.75 Å². The van der Waals surface area contributed by atoms with E-state index in [1.165, 1.54) is 11.4 Å². The zero-order chi connectivity index (χ0) is 23.3. The third-order valence-electron chi connectivity index (χ3n) is 5.30. The number of carbonyl (C=O) groups is 1. The molecule has 3 aromatic rings. The second kappa shape index (κ2) is 9.87. The van der Waals surface area contributed by atoms with E-state index in [0.29, 0.717) is 11.4 Å². The van der Waals surface area contributed by atoms with Crippen molar-refractivity contribution >= 4 is 21.6 Å². The quantitative estimate of drug-likeness (QED) is 0.559. The Morgan fingerprint density at radius 3 is 2.12 bits per heavy atom. The average molecular weight is 453 g/mol. The lowest BCUT2D eigenvalue weighted by Gasteiger charge is -2.24. The molecule has 32 heavy (non-hydrogen) atoms. The van der Waals surface area contributed by atoms with Crippen molar-refractivity contribution in [2.24, 2.45) is 0 Å². The number of benzene rings is 3. The first-order valence-electron chi connectivity index (χ1n) is 10.3. The molecule has 0 bridgehead atoms. The molecule has 0 aliphatic rings. The Morgan fingerprint density at radius 1 is 0.938 bits per heavy atom. The molecule has 0 spiro atoms. The van der Waals surface area contributed by atoms with Gasteiger partial charge in [-0.3, -0.25) is 9.10 Å². The molecule has 2 atom stereocenters. The Labute approximate surface area is 189 Å². The van der Waals surface area contributed by atoms with Gasteiger partial charge in [-0.1, -0.05) is 54.6 Å². The lowest BCUT2D eigenvalue weighted by atomic mass is 9.95. The van der Waals surface area contributed by atoms with Crippen LogP contribution >= 0.6 is 0 Å². The molecule has 168 valence electrons. The number of aryl methyl sites for hydroxylation is 1. The molecule has 0 aliphatic carbocycles. The first-order chi connectivity index (χ1) is 15.2. The fourth-order valence-electron chi connectivity index (χ4n) is 3.34. The molecule has 0 fully saturated rings. The van der Waals surface area contributed by atoms with Crippen LogP contribution in [0.15, 0.2) is 78.9 Å². The fourth-order valence-corrected chi connectivity index (χ4v) is 3.84. The highest BCUT2D eigenvalue weighted by Crippen LogP contribution is 2.26. The Hall–Kier alpha value is -3.32. The monoisotopic (exact) mass is 452 g/mol. The first kappa shape index (κ1) is 23.3. The van der Waals surface area contributed by atoms with Crippen molar-refractivity contribution < 1.29 is 17.9 Å². The highest BCUT2D eigenvalue weighted by Gasteiger charge is 2.23. The summed E-state index contributed by atoms with van der Waals surface area (Å²) in [5.41, 5.74) is 3.60. The molecule has 0 radical (unpaired) electrons. The number of carbonyl (C=O) groups excluding carboxylic acids is 1. The van der Waals surface area contributed by atoms with Gasteiger partial charge in [0.15, 0.2) is 6.10 Å². The molecule has 3 aromatic carbocycles. The molecule has 0 saturated carbocycles. The highest BCUT2D eigenvalue weighted by molar-refractivity contribution is 7.92. The van der Waals surface area contributed by atoms with Crippen molar-refractivity contribution in [2.45, 2.75) is 26.0 Å². The third-order valence-corrected chi connectivity index (χ3v) is 6.50. The van der Waals surface area contributed by atoms with Crippen LogP contribution in [0, 0.1) is 6.92 Å². The summed E-state index contributed by atoms with van der Waals surface area (Å²) in [5, 5.41) is 3.11. The summed E-state index contributed by atoms with van der Waals surface area (Å²) < 4.78 is 30.4. The molecule has 1 N–H and O–H groups in total. The van der Waals surface area contributed by atoms with Gasteiger partial charge in [-0.05, 0) is 54.8 Å². The number of hydrogen-bond donors (Lipinski definition) is 1. The summed E-state index contributed by atoms with van der Waals surface area (Å²) in [6, 6.07) is 24.0. The molecule has 0 aromatic heterocycles. The minimum absolute atomic E-state index is 0.251. The second-order valence-electron chi connectivity index (χ2n) is 7.69. The predicted molar refractivity (Wildman–Crippen MR) is 127 cm³/mol. The fraction of sp³-hybridized carbons (Fsp3) is 0.240. The van der Waals surface area contributed by atoms with E-state index in [1.54, 1.807) is 31.2 Å². The molecule has 0 saturated heterocycles. The van der Waals surface area contributed by atoms with Gasteiger partial charge in [0.2, 0.25) is 10.0 Å². The van der Waals surface area contributed by atoms with Gasteiger partial charge in [-0.15, -0.1) is 0 Å². The van der Waals surface area contributed by atoms with E-state index in [0.717, 1.165) is 22.9 Å². The lowest BCUT2D eigenvalue weighted by molar-refractivity contribution is -0.127. The van der Waals surface area contributed by atoms with E-state index in [-0.39, 0.29) is 11.9 Å². The molecule has 1 amide bonds. The van der Waals surface area contributed by atoms with Gasteiger partial charge in [0.25, 0.3) is 5.91 Å². The molecular weight excluding hydrogens is 424 g/mol. The first-order valence-corrected chi connectivity index (χ1v) is 12.1. The summed E-state index contributed by atoms with van der Waals surface area (Å²) in [6.07, 6.45) is 0.394. The summed E-state index contributed by atoms with van der Waals surface area (Å²) in [5.74, 6) is 0.227.